The summed E-state index contributed by atoms with van der Waals surface area (Å²) >= 11 is 0. The Hall–Kier alpha value is -3.47. The summed E-state index contributed by atoms with van der Waals surface area (Å²) in [5.74, 6) is 0.166. The van der Waals surface area contributed by atoms with Crippen molar-refractivity contribution in [3.8, 4) is 0 Å². The first-order chi connectivity index (χ1) is 14.4. The number of para-hydroxylation sites is 2. The van der Waals surface area contributed by atoms with Gasteiger partial charge in [0.05, 0.1) is 17.6 Å². The Morgan fingerprint density at radius 2 is 1.67 bits per heavy atom. The number of benzene rings is 3. The highest BCUT2D eigenvalue weighted by molar-refractivity contribution is 5.94. The second kappa shape index (κ2) is 8.11. The maximum Gasteiger partial charge on any atom is 0.251 e. The number of amides is 1. The zero-order valence-electron chi connectivity index (χ0n) is 17.4. The van der Waals surface area contributed by atoms with E-state index in [9.17, 15) is 9.18 Å². The Bertz CT molecular complexity index is 1200. The Balaban J connectivity index is 1.65. The van der Waals surface area contributed by atoms with Gasteiger partial charge in [0.1, 0.15) is 11.6 Å². The number of halogens is 1. The second-order valence-electron chi connectivity index (χ2n) is 7.67. The molecule has 4 aromatic rings. The Labute approximate surface area is 175 Å². The molecule has 0 saturated heterocycles. The van der Waals surface area contributed by atoms with Gasteiger partial charge in [-0.05, 0) is 73.9 Å². The molecule has 0 atom stereocenters. The normalized spacial score (nSPS) is 11.1. The number of fused-ring (bicyclic) bond motifs is 1. The number of carbonyl (C=O) groups is 1. The molecule has 5 heteroatoms. The van der Waals surface area contributed by atoms with Gasteiger partial charge in [-0.3, -0.25) is 4.79 Å². The van der Waals surface area contributed by atoms with E-state index in [0.29, 0.717) is 12.1 Å². The third-order valence-electron chi connectivity index (χ3n) is 5.40. The summed E-state index contributed by atoms with van der Waals surface area (Å²) in [5.41, 5.74) is 7.34. The van der Waals surface area contributed by atoms with Crippen molar-refractivity contribution >= 4 is 16.9 Å². The minimum absolute atomic E-state index is 0.253. The van der Waals surface area contributed by atoms with E-state index >= 15 is 0 Å². The highest BCUT2D eigenvalue weighted by atomic mass is 19.1. The summed E-state index contributed by atoms with van der Waals surface area (Å²) in [7, 11) is 0. The van der Waals surface area contributed by atoms with Crippen LogP contribution in [0.5, 0.6) is 0 Å². The number of carbonyl (C=O) groups excluding carboxylic acids is 1. The van der Waals surface area contributed by atoms with Crippen molar-refractivity contribution in [3.05, 3.63) is 100 Å². The quantitative estimate of drug-likeness (QED) is 0.507. The standard InChI is InChI=1S/C25H24FN3O/c1-16-12-17(2)21(18(3)13-16)15-29-23-7-5-4-6-22(23)28-24(29)14-27-25(30)19-8-10-20(26)11-9-19/h4-13H,14-15H2,1-3H3,(H,27,30). The average Bonchev–Trinajstić information content (AvgIpc) is 3.06. The van der Waals surface area contributed by atoms with Gasteiger partial charge in [-0.2, -0.15) is 0 Å². The molecule has 0 unspecified atom stereocenters. The molecule has 1 N–H and O–H groups in total. The van der Waals surface area contributed by atoms with Crippen LogP contribution in [0.2, 0.25) is 0 Å². The summed E-state index contributed by atoms with van der Waals surface area (Å²) in [5, 5.41) is 2.92. The van der Waals surface area contributed by atoms with Crippen molar-refractivity contribution in [2.45, 2.75) is 33.9 Å². The van der Waals surface area contributed by atoms with Crippen molar-refractivity contribution in [2.75, 3.05) is 0 Å². The summed E-state index contributed by atoms with van der Waals surface area (Å²) < 4.78 is 15.3. The number of nitrogens with one attached hydrogen (secondary N) is 1. The molecule has 3 aromatic carbocycles. The fourth-order valence-electron chi connectivity index (χ4n) is 3.92. The van der Waals surface area contributed by atoms with Crippen molar-refractivity contribution in [1.82, 2.24) is 14.9 Å². The molecule has 0 saturated carbocycles. The molecule has 4 nitrogen and oxygen atoms in total. The molecule has 0 bridgehead atoms. The Morgan fingerprint density at radius 1 is 1.00 bits per heavy atom. The van der Waals surface area contributed by atoms with Gasteiger partial charge in [0.2, 0.25) is 0 Å². The lowest BCUT2D eigenvalue weighted by atomic mass is 9.99. The topological polar surface area (TPSA) is 46.9 Å². The fourth-order valence-corrected chi connectivity index (χ4v) is 3.92. The largest absolute Gasteiger partial charge is 0.345 e. The lowest BCUT2D eigenvalue weighted by Gasteiger charge is -2.15. The van der Waals surface area contributed by atoms with Crippen LogP contribution in [0.1, 0.15) is 38.4 Å². The van der Waals surface area contributed by atoms with Crippen LogP contribution in [0.25, 0.3) is 11.0 Å². The van der Waals surface area contributed by atoms with Gasteiger partial charge in [0.25, 0.3) is 5.91 Å². The summed E-state index contributed by atoms with van der Waals surface area (Å²) in [6, 6.07) is 17.9. The van der Waals surface area contributed by atoms with Crippen molar-refractivity contribution < 1.29 is 9.18 Å². The minimum Gasteiger partial charge on any atom is -0.345 e. The lowest BCUT2D eigenvalue weighted by molar-refractivity contribution is 0.0949. The SMILES string of the molecule is Cc1cc(C)c(Cn2c(CNC(=O)c3ccc(F)cc3)nc3ccccc32)c(C)c1. The highest BCUT2D eigenvalue weighted by Gasteiger charge is 2.15. The third kappa shape index (κ3) is 3.96. The molecule has 0 spiro atoms. The van der Waals surface area contributed by atoms with Crippen molar-refractivity contribution in [2.24, 2.45) is 0 Å². The van der Waals surface area contributed by atoms with E-state index in [2.05, 4.69) is 42.8 Å². The average molecular weight is 401 g/mol. The number of nitrogens with zero attached hydrogens (tertiary/aromatic N) is 2. The zero-order valence-corrected chi connectivity index (χ0v) is 17.4. The predicted molar refractivity (Wildman–Crippen MR) is 117 cm³/mol. The van der Waals surface area contributed by atoms with Gasteiger partial charge in [-0.25, -0.2) is 9.37 Å². The van der Waals surface area contributed by atoms with Crippen LogP contribution in [-0.2, 0) is 13.1 Å². The first-order valence-electron chi connectivity index (χ1n) is 9.97. The van der Waals surface area contributed by atoms with Crippen LogP contribution in [0.15, 0.2) is 60.7 Å². The monoisotopic (exact) mass is 401 g/mol. The van der Waals surface area contributed by atoms with Gasteiger partial charge >= 0.3 is 0 Å². The summed E-state index contributed by atoms with van der Waals surface area (Å²) in [4.78, 5) is 17.2. The van der Waals surface area contributed by atoms with E-state index in [4.69, 9.17) is 4.98 Å². The number of aryl methyl sites for hydroxylation is 3. The van der Waals surface area contributed by atoms with Crippen LogP contribution in [0.3, 0.4) is 0 Å². The van der Waals surface area contributed by atoms with E-state index in [0.717, 1.165) is 16.9 Å². The molecule has 1 heterocycles. The van der Waals surface area contributed by atoms with Crippen LogP contribution in [0.4, 0.5) is 4.39 Å². The Kier molecular flexibility index (Phi) is 5.36. The van der Waals surface area contributed by atoms with Gasteiger partial charge in [-0.1, -0.05) is 29.8 Å². The molecule has 1 aromatic heterocycles. The number of hydrogen-bond acceptors (Lipinski definition) is 2. The maximum atomic E-state index is 13.1. The van der Waals surface area contributed by atoms with E-state index < -0.39 is 0 Å². The number of aromatic nitrogens is 2. The van der Waals surface area contributed by atoms with E-state index in [1.807, 2.05) is 24.3 Å². The number of imidazole rings is 1. The predicted octanol–water partition coefficient (Wildman–Crippen LogP) is 5.08. The van der Waals surface area contributed by atoms with Crippen LogP contribution >= 0.6 is 0 Å². The van der Waals surface area contributed by atoms with E-state index in [1.54, 1.807) is 0 Å². The molecule has 0 aliphatic carbocycles. The molecule has 0 fully saturated rings. The first kappa shape index (κ1) is 19.8. The highest BCUT2D eigenvalue weighted by Crippen LogP contribution is 2.22. The van der Waals surface area contributed by atoms with E-state index in [-0.39, 0.29) is 18.3 Å². The molecule has 4 rings (SSSR count). The van der Waals surface area contributed by atoms with Gasteiger partial charge in [0.15, 0.2) is 0 Å². The summed E-state index contributed by atoms with van der Waals surface area (Å²) in [6.45, 7) is 7.33. The molecule has 0 aliphatic heterocycles. The van der Waals surface area contributed by atoms with Crippen LogP contribution in [-0.4, -0.2) is 15.5 Å². The van der Waals surface area contributed by atoms with Crippen LogP contribution in [0, 0.1) is 26.6 Å². The minimum atomic E-state index is -0.364. The van der Waals surface area contributed by atoms with Gasteiger partial charge in [0, 0.05) is 12.1 Å². The van der Waals surface area contributed by atoms with Crippen molar-refractivity contribution in [3.63, 3.8) is 0 Å². The first-order valence-corrected chi connectivity index (χ1v) is 9.97. The molecule has 0 aliphatic rings. The molecule has 1 amide bonds. The second-order valence-corrected chi connectivity index (χ2v) is 7.67. The molecular formula is C25H24FN3O. The maximum absolute atomic E-state index is 13.1. The summed E-state index contributed by atoms with van der Waals surface area (Å²) in [6.07, 6.45) is 0. The van der Waals surface area contributed by atoms with Crippen molar-refractivity contribution in [1.29, 1.82) is 0 Å². The van der Waals surface area contributed by atoms with E-state index in [1.165, 1.54) is 46.5 Å². The Morgan fingerprint density at radius 3 is 2.37 bits per heavy atom. The van der Waals surface area contributed by atoms with Gasteiger partial charge < -0.3 is 9.88 Å². The third-order valence-corrected chi connectivity index (χ3v) is 5.40. The zero-order chi connectivity index (χ0) is 21.3. The fraction of sp³-hybridized carbons (Fsp3) is 0.200. The smallest absolute Gasteiger partial charge is 0.251 e. The molecule has 30 heavy (non-hydrogen) atoms. The molecular weight excluding hydrogens is 377 g/mol. The van der Waals surface area contributed by atoms with Crippen LogP contribution < -0.4 is 5.32 Å². The molecule has 0 radical (unpaired) electrons. The molecule has 152 valence electrons. The number of rotatable bonds is 5. The van der Waals surface area contributed by atoms with Gasteiger partial charge in [-0.15, -0.1) is 0 Å². The lowest BCUT2D eigenvalue weighted by Crippen LogP contribution is -2.25. The number of hydrogen-bond donors (Lipinski definition) is 1.